The van der Waals surface area contributed by atoms with Crippen LogP contribution in [0.4, 0.5) is 5.95 Å². The van der Waals surface area contributed by atoms with Crippen molar-refractivity contribution in [1.82, 2.24) is 44.6 Å². The Morgan fingerprint density at radius 3 is 1.96 bits per heavy atom. The van der Waals surface area contributed by atoms with Gasteiger partial charge in [0, 0.05) is 63.3 Å². The van der Waals surface area contributed by atoms with Gasteiger partial charge >= 0.3 is 0 Å². The number of oxazole rings is 2. The van der Waals surface area contributed by atoms with Gasteiger partial charge in [-0.15, -0.1) is 0 Å². The topological polar surface area (TPSA) is 360 Å². The van der Waals surface area contributed by atoms with Crippen molar-refractivity contribution in [3.63, 3.8) is 0 Å². The van der Waals surface area contributed by atoms with Crippen LogP contribution < -0.4 is 42.6 Å². The molecule has 0 saturated heterocycles. The second kappa shape index (κ2) is 22.4. The molecule has 1 aliphatic rings. The number of imidazole rings is 2. The van der Waals surface area contributed by atoms with Gasteiger partial charge in [0.2, 0.25) is 41.1 Å². The molecule has 73 heavy (non-hydrogen) atoms. The summed E-state index contributed by atoms with van der Waals surface area (Å²) in [6.07, 6.45) is 6.48. The minimum absolute atomic E-state index is 0.00311. The number of amides is 7. The molecule has 6 aromatic rings. The average Bonchev–Trinajstić information content (AvgIpc) is 4.18. The van der Waals surface area contributed by atoms with E-state index in [-0.39, 0.29) is 97.1 Å². The largest absolute Gasteiger partial charge is 0.494 e. The lowest BCUT2D eigenvalue weighted by Crippen LogP contribution is -2.50. The molecule has 5 heterocycles. The van der Waals surface area contributed by atoms with E-state index < -0.39 is 59.7 Å². The third-order valence-corrected chi connectivity index (χ3v) is 11.4. The summed E-state index contributed by atoms with van der Waals surface area (Å²) in [6.45, 7) is 6.37. The summed E-state index contributed by atoms with van der Waals surface area (Å²) >= 11 is 0. The quantitative estimate of drug-likeness (QED) is 0.0216. The summed E-state index contributed by atoms with van der Waals surface area (Å²) in [5, 5.41) is 7.91. The Kier molecular flexibility index (Phi) is 15.9. The van der Waals surface area contributed by atoms with Crippen molar-refractivity contribution in [2.45, 2.75) is 72.5 Å². The molecule has 0 bridgehead atoms. The highest BCUT2D eigenvalue weighted by Gasteiger charge is 2.28. The fourth-order valence-corrected chi connectivity index (χ4v) is 7.92. The van der Waals surface area contributed by atoms with Crippen LogP contribution in [-0.4, -0.2) is 120 Å². The zero-order valence-electron chi connectivity index (χ0n) is 40.5. The number of fused-ring (bicyclic) bond motifs is 2. The third-order valence-electron chi connectivity index (χ3n) is 11.4. The van der Waals surface area contributed by atoms with Crippen LogP contribution in [0, 0.1) is 13.8 Å². The summed E-state index contributed by atoms with van der Waals surface area (Å²) in [5.74, 6) is -3.54. The number of nitrogens with two attached hydrogens (primary N) is 3. The van der Waals surface area contributed by atoms with E-state index in [1.54, 1.807) is 35.1 Å². The molecule has 25 nitrogen and oxygen atoms in total. The van der Waals surface area contributed by atoms with Crippen molar-refractivity contribution in [3.8, 4) is 11.5 Å². The van der Waals surface area contributed by atoms with E-state index in [0.717, 1.165) is 17.1 Å². The minimum Gasteiger partial charge on any atom is -0.494 e. The lowest BCUT2D eigenvalue weighted by molar-refractivity contribution is -0.141. The summed E-state index contributed by atoms with van der Waals surface area (Å²) in [7, 11) is 1.42. The predicted octanol–water partition coefficient (Wildman–Crippen LogP) is 1.50. The molecule has 382 valence electrons. The first-order chi connectivity index (χ1) is 34.9. The molecule has 7 rings (SSSR count). The maximum absolute atomic E-state index is 13.9. The number of carbonyl (C=O) groups excluding carboxylic acids is 8. The summed E-state index contributed by atoms with van der Waals surface area (Å²) in [4.78, 5) is 120. The van der Waals surface area contributed by atoms with E-state index in [2.05, 4.69) is 30.9 Å². The number of nitrogens with one attached hydrogen (secondary N) is 3. The maximum atomic E-state index is 13.9. The van der Waals surface area contributed by atoms with E-state index in [0.29, 0.717) is 52.6 Å². The number of ketones is 1. The molecule has 0 fully saturated rings. The Hall–Kier alpha value is -9.00. The molecule has 0 unspecified atom stereocenters. The van der Waals surface area contributed by atoms with Gasteiger partial charge in [-0.25, -0.2) is 19.9 Å². The number of methoxy groups -OCH3 is 1. The number of aryl methyl sites for hydroxylation is 4. The Balaban J connectivity index is 1.14. The molecular weight excluding hydrogens is 951 g/mol. The Morgan fingerprint density at radius 1 is 0.767 bits per heavy atom. The number of imide groups is 1. The molecule has 1 aliphatic heterocycles. The Morgan fingerprint density at radius 2 is 1.34 bits per heavy atom. The van der Waals surface area contributed by atoms with Crippen LogP contribution in [0.2, 0.25) is 0 Å². The predicted molar refractivity (Wildman–Crippen MR) is 259 cm³/mol. The van der Waals surface area contributed by atoms with Crippen molar-refractivity contribution >= 4 is 75.1 Å². The fourth-order valence-electron chi connectivity index (χ4n) is 7.92. The molecule has 25 heteroatoms. The molecule has 9 N–H and O–H groups in total. The van der Waals surface area contributed by atoms with E-state index in [1.807, 2.05) is 13.8 Å². The zero-order valence-corrected chi connectivity index (χ0v) is 40.5. The SMILES string of the molecule is CCc1nc(C)oc1C(=O)Cc1nc2cc(C(N)=O)cc(OCCCNC(=O)[C@H](N)CNC(=O)CN3C(=O)C=CC3=O)c2n1C/C=C/Cn1c(NC(=O)c2oc(C)nc2CC)nc2cc(C(N)=O)cc(OC)c21. The fraction of sp³-hybridized carbons (Fsp3) is 0.333. The van der Waals surface area contributed by atoms with Crippen molar-refractivity contribution < 1.29 is 56.7 Å². The standard InChI is InChI=1S/C48H53N13O12/c1-6-29-42(72-24(3)54-29)33(62)21-36-56-31-17-27(45(51)67)20-35(71-16-10-13-52-46(68)28(49)22-53-37(63)23-61-38(64)11-12-39(61)65)41(31)59(36)14-8-9-15-60-40-32(18-26(44(50)66)19-34(40)70-5)57-48(60)58-47(69)43-30(7-2)55-25(4)73-43/h8-9,11-12,17-20,28H,6-7,10,13-16,21-23,49H2,1-5H3,(H2,50,66)(H2,51,67)(H,52,68)(H,53,63)(H,57,58,69)/b9-8+/t28-/m1/s1. The molecule has 7 amide bonds. The van der Waals surface area contributed by atoms with Gasteiger partial charge in [0.1, 0.15) is 40.9 Å². The van der Waals surface area contributed by atoms with E-state index in [9.17, 15) is 38.4 Å². The molecular formula is C48H53N13O12. The normalized spacial score (nSPS) is 12.8. The highest BCUT2D eigenvalue weighted by atomic mass is 16.5. The van der Waals surface area contributed by atoms with Crippen LogP contribution in [0.15, 0.2) is 57.4 Å². The van der Waals surface area contributed by atoms with Crippen LogP contribution in [0.1, 0.15) is 91.1 Å². The van der Waals surface area contributed by atoms with Crippen molar-refractivity contribution in [2.75, 3.05) is 38.7 Å². The Labute approximate surface area is 415 Å². The number of benzene rings is 2. The van der Waals surface area contributed by atoms with Gasteiger partial charge in [0.05, 0.1) is 42.6 Å². The van der Waals surface area contributed by atoms with Gasteiger partial charge < -0.3 is 55.3 Å². The van der Waals surface area contributed by atoms with Gasteiger partial charge in [-0.3, -0.25) is 48.6 Å². The summed E-state index contributed by atoms with van der Waals surface area (Å²) in [5.41, 5.74) is 19.9. The van der Waals surface area contributed by atoms with Gasteiger partial charge in [-0.05, 0) is 43.5 Å². The van der Waals surface area contributed by atoms with E-state index >= 15 is 0 Å². The lowest BCUT2D eigenvalue weighted by Gasteiger charge is -2.16. The summed E-state index contributed by atoms with van der Waals surface area (Å²) in [6, 6.07) is 4.71. The van der Waals surface area contributed by atoms with Crippen LogP contribution in [0.25, 0.3) is 22.1 Å². The lowest BCUT2D eigenvalue weighted by atomic mass is 10.1. The first kappa shape index (κ1) is 51.8. The maximum Gasteiger partial charge on any atom is 0.295 e. The van der Waals surface area contributed by atoms with E-state index in [1.165, 1.54) is 31.4 Å². The number of aromatic nitrogens is 6. The number of primary amides is 2. The first-order valence-corrected chi connectivity index (χ1v) is 23.0. The molecule has 2 aromatic carbocycles. The summed E-state index contributed by atoms with van der Waals surface area (Å²) < 4.78 is 26.7. The number of allylic oxidation sites excluding steroid dienone is 2. The van der Waals surface area contributed by atoms with Gasteiger partial charge in [-0.2, -0.15) is 0 Å². The van der Waals surface area contributed by atoms with Crippen molar-refractivity contribution in [2.24, 2.45) is 17.2 Å². The smallest absolute Gasteiger partial charge is 0.295 e. The molecule has 0 aliphatic carbocycles. The Bertz CT molecular complexity index is 3230. The molecule has 1 atom stereocenters. The van der Waals surface area contributed by atoms with Crippen molar-refractivity contribution in [1.29, 1.82) is 0 Å². The molecule has 4 aromatic heterocycles. The highest BCUT2D eigenvalue weighted by Crippen LogP contribution is 2.33. The van der Waals surface area contributed by atoms with E-state index in [4.69, 9.17) is 40.5 Å². The average molecular weight is 1000 g/mol. The number of anilines is 1. The van der Waals surface area contributed by atoms with Crippen LogP contribution in [0.5, 0.6) is 11.5 Å². The molecule has 0 radical (unpaired) electrons. The minimum atomic E-state index is -1.16. The van der Waals surface area contributed by atoms with Crippen LogP contribution in [-0.2, 0) is 51.5 Å². The van der Waals surface area contributed by atoms with Crippen molar-refractivity contribution in [3.05, 3.63) is 100 Å². The number of rotatable bonds is 24. The second-order valence-electron chi connectivity index (χ2n) is 16.6. The van der Waals surface area contributed by atoms with Crippen LogP contribution in [0.3, 0.4) is 0 Å². The van der Waals surface area contributed by atoms with Gasteiger partial charge in [-0.1, -0.05) is 26.0 Å². The number of hydrogen-bond donors (Lipinski definition) is 6. The van der Waals surface area contributed by atoms with Crippen LogP contribution >= 0.6 is 0 Å². The number of ether oxygens (including phenoxy) is 2. The second-order valence-corrected chi connectivity index (χ2v) is 16.6. The molecule has 0 saturated carbocycles. The van der Waals surface area contributed by atoms with Gasteiger partial charge in [0.25, 0.3) is 17.7 Å². The number of hydrogen-bond acceptors (Lipinski definition) is 17. The first-order valence-electron chi connectivity index (χ1n) is 23.0. The number of nitrogens with zero attached hydrogens (tertiary/aromatic N) is 7. The number of Topliss-reactive ketones (excluding diaryl/α,β-unsaturated/α-hetero) is 1. The monoisotopic (exact) mass is 1000 g/mol. The van der Waals surface area contributed by atoms with Gasteiger partial charge in [0.15, 0.2) is 17.5 Å². The highest BCUT2D eigenvalue weighted by molar-refractivity contribution is 6.14. The number of carbonyl (C=O) groups is 8. The third kappa shape index (κ3) is 11.6. The zero-order chi connectivity index (χ0) is 52.7. The molecule has 0 spiro atoms.